The minimum absolute atomic E-state index is 0.0319. The van der Waals surface area contributed by atoms with Crippen molar-refractivity contribution in [2.45, 2.75) is 11.4 Å². The van der Waals surface area contributed by atoms with Gasteiger partial charge in [0.15, 0.2) is 0 Å². The summed E-state index contributed by atoms with van der Waals surface area (Å²) in [4.78, 5) is 12.7. The van der Waals surface area contributed by atoms with Gasteiger partial charge in [-0.15, -0.1) is 0 Å². The van der Waals surface area contributed by atoms with Crippen molar-refractivity contribution >= 4 is 79.6 Å². The number of nitrogens with zero attached hydrogens (tertiary/aromatic N) is 1. The van der Waals surface area contributed by atoms with E-state index in [2.05, 4.69) is 5.32 Å². The van der Waals surface area contributed by atoms with Gasteiger partial charge < -0.3 is 5.32 Å². The Kier molecular flexibility index (Phi) is 8.33. The van der Waals surface area contributed by atoms with Crippen LogP contribution in [0, 0.1) is 0 Å². The van der Waals surface area contributed by atoms with Gasteiger partial charge >= 0.3 is 0 Å². The van der Waals surface area contributed by atoms with Crippen LogP contribution in [0.1, 0.15) is 5.56 Å². The minimum atomic E-state index is -4.09. The Morgan fingerprint density at radius 1 is 0.812 bits per heavy atom. The second kappa shape index (κ2) is 10.6. The maximum atomic E-state index is 13.3. The number of anilines is 1. The molecule has 0 aliphatic rings. The van der Waals surface area contributed by atoms with Crippen LogP contribution in [0.25, 0.3) is 0 Å². The van der Waals surface area contributed by atoms with Crippen LogP contribution >= 0.6 is 58.0 Å². The van der Waals surface area contributed by atoms with Crippen molar-refractivity contribution in [2.75, 3.05) is 11.9 Å². The van der Waals surface area contributed by atoms with Gasteiger partial charge in [-0.25, -0.2) is 8.42 Å². The lowest BCUT2D eigenvalue weighted by atomic mass is 10.2. The molecule has 32 heavy (non-hydrogen) atoms. The van der Waals surface area contributed by atoms with Gasteiger partial charge in [0.25, 0.3) is 0 Å². The fourth-order valence-corrected chi connectivity index (χ4v) is 5.24. The van der Waals surface area contributed by atoms with E-state index in [0.717, 1.165) is 4.31 Å². The molecule has 0 aliphatic heterocycles. The highest BCUT2D eigenvalue weighted by Gasteiger charge is 2.28. The largest absolute Gasteiger partial charge is 0.322 e. The Labute approximate surface area is 210 Å². The quantitative estimate of drug-likeness (QED) is 0.351. The summed E-state index contributed by atoms with van der Waals surface area (Å²) in [5.41, 5.74) is 0.659. The molecule has 5 nitrogen and oxygen atoms in total. The summed E-state index contributed by atoms with van der Waals surface area (Å²) in [6, 6.07) is 15.0. The highest BCUT2D eigenvalue weighted by Crippen LogP contribution is 2.30. The van der Waals surface area contributed by atoms with Crippen molar-refractivity contribution in [3.05, 3.63) is 91.3 Å². The highest BCUT2D eigenvalue weighted by atomic mass is 35.5. The zero-order chi connectivity index (χ0) is 23.5. The van der Waals surface area contributed by atoms with Gasteiger partial charge in [-0.05, 0) is 54.1 Å². The number of halogens is 5. The second-order valence-corrected chi connectivity index (χ2v) is 10.6. The third-order valence-corrected chi connectivity index (χ3v) is 7.64. The van der Waals surface area contributed by atoms with Crippen molar-refractivity contribution in [1.29, 1.82) is 0 Å². The average Bonchev–Trinajstić information content (AvgIpc) is 2.72. The first-order chi connectivity index (χ1) is 15.1. The number of rotatable bonds is 7. The van der Waals surface area contributed by atoms with Crippen LogP contribution < -0.4 is 5.32 Å². The molecule has 3 rings (SSSR count). The molecule has 0 heterocycles. The standard InChI is InChI=1S/C21H15Cl5N2O3S/c22-14-6-8-16(9-7-14)32(30,31)28(11-13-4-5-15(23)10-19(13)26)12-20(29)27-21-17(24)2-1-3-18(21)25/h1-10H,11-12H2,(H,27,29). The van der Waals surface area contributed by atoms with Crippen LogP contribution in [0.15, 0.2) is 65.6 Å². The number of hydrogen-bond acceptors (Lipinski definition) is 3. The first kappa shape index (κ1) is 25.1. The molecule has 0 radical (unpaired) electrons. The van der Waals surface area contributed by atoms with E-state index >= 15 is 0 Å². The zero-order valence-electron chi connectivity index (χ0n) is 16.2. The summed E-state index contributed by atoms with van der Waals surface area (Å²) in [6.45, 7) is -0.698. The van der Waals surface area contributed by atoms with Crippen LogP contribution in [0.5, 0.6) is 0 Å². The number of para-hydroxylation sites is 1. The van der Waals surface area contributed by atoms with E-state index < -0.39 is 22.5 Å². The minimum Gasteiger partial charge on any atom is -0.322 e. The molecule has 0 spiro atoms. The Balaban J connectivity index is 1.94. The van der Waals surface area contributed by atoms with E-state index in [1.54, 1.807) is 30.3 Å². The molecule has 0 fully saturated rings. The first-order valence-electron chi connectivity index (χ1n) is 9.01. The number of nitrogens with one attached hydrogen (secondary N) is 1. The summed E-state index contributed by atoms with van der Waals surface area (Å²) < 4.78 is 27.7. The number of amides is 1. The second-order valence-electron chi connectivity index (χ2n) is 6.61. The van der Waals surface area contributed by atoms with Gasteiger partial charge in [-0.1, -0.05) is 70.1 Å². The number of carbonyl (C=O) groups excluding carboxylic acids is 1. The van der Waals surface area contributed by atoms with Gasteiger partial charge in [0.1, 0.15) is 0 Å². The van der Waals surface area contributed by atoms with E-state index in [1.807, 2.05) is 0 Å². The smallest absolute Gasteiger partial charge is 0.243 e. The lowest BCUT2D eigenvalue weighted by Gasteiger charge is -2.23. The Bertz CT molecular complexity index is 1230. The summed E-state index contributed by atoms with van der Waals surface area (Å²) in [7, 11) is -4.09. The molecule has 0 unspecified atom stereocenters. The molecule has 0 saturated carbocycles. The third kappa shape index (κ3) is 6.08. The predicted octanol–water partition coefficient (Wildman–Crippen LogP) is 6.78. The van der Waals surface area contributed by atoms with E-state index in [9.17, 15) is 13.2 Å². The van der Waals surface area contributed by atoms with E-state index in [1.165, 1.54) is 30.3 Å². The Morgan fingerprint density at radius 2 is 1.41 bits per heavy atom. The van der Waals surface area contributed by atoms with Crippen molar-refractivity contribution in [3.8, 4) is 0 Å². The first-order valence-corrected chi connectivity index (χ1v) is 12.3. The van der Waals surface area contributed by atoms with Crippen LogP contribution in [0.2, 0.25) is 25.1 Å². The molecule has 168 valence electrons. The topological polar surface area (TPSA) is 66.5 Å². The zero-order valence-corrected chi connectivity index (χ0v) is 20.8. The lowest BCUT2D eigenvalue weighted by molar-refractivity contribution is -0.116. The molecular formula is C21H15Cl5N2O3S. The summed E-state index contributed by atoms with van der Waals surface area (Å²) in [5.74, 6) is -0.636. The Hall–Kier alpha value is -1.51. The number of sulfonamides is 1. The molecule has 0 aromatic heterocycles. The normalized spacial score (nSPS) is 11.6. The monoisotopic (exact) mass is 550 g/mol. The molecule has 0 aliphatic carbocycles. The third-order valence-electron chi connectivity index (χ3n) is 4.36. The van der Waals surface area contributed by atoms with Crippen molar-refractivity contribution in [1.82, 2.24) is 4.31 Å². The SMILES string of the molecule is O=C(CN(Cc1ccc(Cl)cc1Cl)S(=O)(=O)c1ccc(Cl)cc1)Nc1c(Cl)cccc1Cl. The van der Waals surface area contributed by atoms with Crippen molar-refractivity contribution in [2.24, 2.45) is 0 Å². The van der Waals surface area contributed by atoms with Gasteiger partial charge in [0, 0.05) is 21.6 Å². The Morgan fingerprint density at radius 3 is 2.00 bits per heavy atom. The van der Waals surface area contributed by atoms with E-state index in [4.69, 9.17) is 58.0 Å². The van der Waals surface area contributed by atoms with Crippen LogP contribution in [-0.2, 0) is 21.4 Å². The maximum Gasteiger partial charge on any atom is 0.243 e. The fraction of sp³-hybridized carbons (Fsp3) is 0.0952. The lowest BCUT2D eigenvalue weighted by Crippen LogP contribution is -2.37. The van der Waals surface area contributed by atoms with E-state index in [0.29, 0.717) is 15.6 Å². The average molecular weight is 553 g/mol. The molecule has 0 bridgehead atoms. The van der Waals surface area contributed by atoms with E-state index in [-0.39, 0.29) is 32.2 Å². The fourth-order valence-electron chi connectivity index (χ4n) is 2.78. The van der Waals surface area contributed by atoms with Crippen molar-refractivity contribution < 1.29 is 13.2 Å². The van der Waals surface area contributed by atoms with Crippen molar-refractivity contribution in [3.63, 3.8) is 0 Å². The molecule has 1 N–H and O–H groups in total. The van der Waals surface area contributed by atoms with Crippen LogP contribution in [0.3, 0.4) is 0 Å². The van der Waals surface area contributed by atoms with Crippen LogP contribution in [0.4, 0.5) is 5.69 Å². The number of benzene rings is 3. The van der Waals surface area contributed by atoms with Gasteiger partial charge in [0.2, 0.25) is 15.9 Å². The number of hydrogen-bond donors (Lipinski definition) is 1. The predicted molar refractivity (Wildman–Crippen MR) is 131 cm³/mol. The molecule has 1 amide bonds. The summed E-state index contributed by atoms with van der Waals surface area (Å²) >= 11 is 30.3. The van der Waals surface area contributed by atoms with Crippen LogP contribution in [-0.4, -0.2) is 25.2 Å². The van der Waals surface area contributed by atoms with Gasteiger partial charge in [-0.2, -0.15) is 4.31 Å². The summed E-state index contributed by atoms with van der Waals surface area (Å²) in [6.07, 6.45) is 0. The summed E-state index contributed by atoms with van der Waals surface area (Å²) in [5, 5.41) is 4.05. The molecule has 3 aromatic carbocycles. The van der Waals surface area contributed by atoms with Gasteiger partial charge in [0.05, 0.1) is 27.2 Å². The maximum absolute atomic E-state index is 13.3. The number of carbonyl (C=O) groups is 1. The molecule has 3 aromatic rings. The van der Waals surface area contributed by atoms with Gasteiger partial charge in [-0.3, -0.25) is 4.79 Å². The highest BCUT2D eigenvalue weighted by molar-refractivity contribution is 7.89. The molecule has 0 atom stereocenters. The molecule has 11 heteroatoms. The molecular weight excluding hydrogens is 538 g/mol. The molecule has 0 saturated heterocycles.